The molecule has 0 aliphatic carbocycles. The second-order valence-corrected chi connectivity index (χ2v) is 8.73. The number of hydrogen-bond acceptors (Lipinski definition) is 5. The van der Waals surface area contributed by atoms with E-state index in [1.807, 2.05) is 46.8 Å². The van der Waals surface area contributed by atoms with Crippen molar-refractivity contribution in [3.63, 3.8) is 0 Å². The second kappa shape index (κ2) is 7.18. The van der Waals surface area contributed by atoms with Crippen LogP contribution in [0.15, 0.2) is 17.6 Å². The molecule has 0 bridgehead atoms. The molecule has 1 aromatic rings. The number of nitrogens with two attached hydrogens (primary N) is 1. The summed E-state index contributed by atoms with van der Waals surface area (Å²) in [5.41, 5.74) is 10.2. The maximum atomic E-state index is 11.5. The summed E-state index contributed by atoms with van der Waals surface area (Å²) in [4.78, 5) is 11.5. The van der Waals surface area contributed by atoms with Crippen LogP contribution in [0, 0.1) is 13.8 Å². The van der Waals surface area contributed by atoms with Crippen molar-refractivity contribution in [2.45, 2.75) is 59.7 Å². The maximum absolute atomic E-state index is 11.5. The van der Waals surface area contributed by atoms with Gasteiger partial charge < -0.3 is 15.0 Å². The highest BCUT2D eigenvalue weighted by Gasteiger charge is 2.52. The molecule has 1 fully saturated rings. The van der Waals surface area contributed by atoms with Gasteiger partial charge in [0, 0.05) is 18.4 Å². The van der Waals surface area contributed by atoms with E-state index < -0.39 is 18.3 Å². The standard InChI is InChI=1S/C19H28BNO3S/c1-12-13(2)17(21)9-8-15(12)10-16(11-25-14(3)22)20-23-18(4,5)19(6,7)24-20/h8-10H,11,21H2,1-7H3. The van der Waals surface area contributed by atoms with E-state index in [9.17, 15) is 4.79 Å². The zero-order chi connectivity index (χ0) is 19.0. The van der Waals surface area contributed by atoms with E-state index in [-0.39, 0.29) is 5.12 Å². The molecule has 1 saturated heterocycles. The third-order valence-electron chi connectivity index (χ3n) is 5.21. The molecule has 0 amide bonds. The number of thioether (sulfide) groups is 1. The third-order valence-corrected chi connectivity index (χ3v) is 6.09. The van der Waals surface area contributed by atoms with Crippen molar-refractivity contribution < 1.29 is 14.1 Å². The molecule has 1 aliphatic heterocycles. The Morgan fingerprint density at radius 1 is 1.16 bits per heavy atom. The number of carbonyl (C=O) groups is 1. The first kappa shape index (κ1) is 20.1. The molecule has 2 rings (SSSR count). The highest BCUT2D eigenvalue weighted by Crippen LogP contribution is 2.39. The summed E-state index contributed by atoms with van der Waals surface area (Å²) >= 11 is 1.27. The lowest BCUT2D eigenvalue weighted by atomic mass is 9.78. The molecule has 0 aromatic heterocycles. The maximum Gasteiger partial charge on any atom is 0.491 e. The minimum absolute atomic E-state index is 0.0765. The monoisotopic (exact) mass is 361 g/mol. The molecule has 6 heteroatoms. The molecule has 2 N–H and O–H groups in total. The molecule has 0 atom stereocenters. The van der Waals surface area contributed by atoms with Gasteiger partial charge in [0.15, 0.2) is 5.12 Å². The summed E-state index contributed by atoms with van der Waals surface area (Å²) < 4.78 is 12.4. The van der Waals surface area contributed by atoms with Crippen LogP contribution in [0.1, 0.15) is 51.3 Å². The highest BCUT2D eigenvalue weighted by molar-refractivity contribution is 8.13. The van der Waals surface area contributed by atoms with Crippen molar-refractivity contribution in [3.05, 3.63) is 34.3 Å². The Kier molecular flexibility index (Phi) is 5.76. The summed E-state index contributed by atoms with van der Waals surface area (Å²) in [6, 6.07) is 3.91. The normalized spacial score (nSPS) is 19.3. The SMILES string of the molecule is CC(=O)SCC(=Cc1ccc(N)c(C)c1C)B1OC(C)(C)C(C)(C)O1. The number of benzene rings is 1. The fraction of sp³-hybridized carbons (Fsp3) is 0.526. The van der Waals surface area contributed by atoms with Gasteiger partial charge in [-0.2, -0.15) is 0 Å². The Bertz CT molecular complexity index is 697. The number of rotatable bonds is 4. The van der Waals surface area contributed by atoms with Gasteiger partial charge in [0.1, 0.15) is 0 Å². The Hall–Kier alpha value is -1.24. The van der Waals surface area contributed by atoms with E-state index in [2.05, 4.69) is 13.0 Å². The number of nitrogen functional groups attached to an aromatic ring is 1. The highest BCUT2D eigenvalue weighted by atomic mass is 32.2. The molecule has 4 nitrogen and oxygen atoms in total. The number of hydrogen-bond donors (Lipinski definition) is 1. The molecule has 0 saturated carbocycles. The summed E-state index contributed by atoms with van der Waals surface area (Å²) in [5, 5.41) is 0.0765. The van der Waals surface area contributed by atoms with Crippen molar-refractivity contribution in [3.8, 4) is 0 Å². The number of carbonyl (C=O) groups excluding carboxylic acids is 1. The Morgan fingerprint density at radius 2 is 1.72 bits per heavy atom. The van der Waals surface area contributed by atoms with Crippen molar-refractivity contribution in [1.29, 1.82) is 0 Å². The zero-order valence-corrected chi connectivity index (χ0v) is 17.0. The Morgan fingerprint density at radius 3 is 2.24 bits per heavy atom. The molecule has 1 aromatic carbocycles. The van der Waals surface area contributed by atoms with Gasteiger partial charge in [-0.15, -0.1) is 0 Å². The van der Waals surface area contributed by atoms with Gasteiger partial charge in [0.2, 0.25) is 0 Å². The van der Waals surface area contributed by atoms with Gasteiger partial charge in [0.05, 0.1) is 11.2 Å². The van der Waals surface area contributed by atoms with Crippen LogP contribution in [-0.4, -0.2) is 29.2 Å². The summed E-state index contributed by atoms with van der Waals surface area (Å²) in [5.74, 6) is 0.537. The van der Waals surface area contributed by atoms with Crippen LogP contribution in [0.3, 0.4) is 0 Å². The van der Waals surface area contributed by atoms with E-state index >= 15 is 0 Å². The van der Waals surface area contributed by atoms with Gasteiger partial charge >= 0.3 is 7.12 Å². The van der Waals surface area contributed by atoms with Crippen LogP contribution in [0.25, 0.3) is 6.08 Å². The Balaban J connectivity index is 2.40. The predicted octanol–water partition coefficient (Wildman–Crippen LogP) is 4.18. The molecule has 0 unspecified atom stereocenters. The average molecular weight is 361 g/mol. The molecule has 136 valence electrons. The molecule has 0 radical (unpaired) electrons. The minimum Gasteiger partial charge on any atom is -0.400 e. The largest absolute Gasteiger partial charge is 0.491 e. The second-order valence-electron chi connectivity index (χ2n) is 7.58. The lowest BCUT2D eigenvalue weighted by Crippen LogP contribution is -2.41. The first-order valence-electron chi connectivity index (χ1n) is 8.50. The molecule has 25 heavy (non-hydrogen) atoms. The smallest absolute Gasteiger partial charge is 0.400 e. The zero-order valence-electron chi connectivity index (χ0n) is 16.2. The lowest BCUT2D eigenvalue weighted by molar-refractivity contribution is -0.109. The molecular weight excluding hydrogens is 333 g/mol. The summed E-state index contributed by atoms with van der Waals surface area (Å²) in [6.45, 7) is 13.8. The Labute approximate surface area is 155 Å². The van der Waals surface area contributed by atoms with E-state index in [1.54, 1.807) is 6.92 Å². The van der Waals surface area contributed by atoms with Gasteiger partial charge in [-0.05, 0) is 69.8 Å². The topological polar surface area (TPSA) is 61.6 Å². The van der Waals surface area contributed by atoms with Crippen molar-refractivity contribution in [2.75, 3.05) is 11.5 Å². The van der Waals surface area contributed by atoms with E-state index in [1.165, 1.54) is 11.8 Å². The third kappa shape index (κ3) is 4.30. The van der Waals surface area contributed by atoms with Crippen LogP contribution >= 0.6 is 11.8 Å². The lowest BCUT2D eigenvalue weighted by Gasteiger charge is -2.32. The van der Waals surface area contributed by atoms with Gasteiger partial charge in [-0.3, -0.25) is 4.79 Å². The first-order chi connectivity index (χ1) is 11.4. The summed E-state index contributed by atoms with van der Waals surface area (Å²) in [7, 11) is -0.464. The first-order valence-corrected chi connectivity index (χ1v) is 9.48. The molecule has 1 heterocycles. The van der Waals surface area contributed by atoms with Crippen molar-refractivity contribution in [2.24, 2.45) is 0 Å². The average Bonchev–Trinajstić information content (AvgIpc) is 2.71. The van der Waals surface area contributed by atoms with Gasteiger partial charge in [-0.25, -0.2) is 0 Å². The molecule has 1 aliphatic rings. The van der Waals surface area contributed by atoms with Crippen LogP contribution in [-0.2, 0) is 14.1 Å². The predicted molar refractivity (Wildman–Crippen MR) is 108 cm³/mol. The van der Waals surface area contributed by atoms with Crippen molar-refractivity contribution >= 4 is 35.8 Å². The number of anilines is 1. The minimum atomic E-state index is -0.464. The molecule has 0 spiro atoms. The van der Waals surface area contributed by atoms with Gasteiger partial charge in [0.25, 0.3) is 0 Å². The van der Waals surface area contributed by atoms with E-state index in [0.717, 1.165) is 27.9 Å². The van der Waals surface area contributed by atoms with E-state index in [4.69, 9.17) is 15.0 Å². The fourth-order valence-corrected chi connectivity index (χ4v) is 3.17. The summed E-state index contributed by atoms with van der Waals surface area (Å²) in [6.07, 6.45) is 2.07. The van der Waals surface area contributed by atoms with Crippen LogP contribution in [0.4, 0.5) is 5.69 Å². The fourth-order valence-electron chi connectivity index (χ4n) is 2.58. The van der Waals surface area contributed by atoms with Crippen LogP contribution < -0.4 is 5.73 Å². The quantitative estimate of drug-likeness (QED) is 0.644. The van der Waals surface area contributed by atoms with Crippen LogP contribution in [0.2, 0.25) is 0 Å². The van der Waals surface area contributed by atoms with Crippen LogP contribution in [0.5, 0.6) is 0 Å². The van der Waals surface area contributed by atoms with E-state index in [0.29, 0.717) is 5.75 Å². The molecular formula is C19H28BNO3S. The van der Waals surface area contributed by atoms with Crippen molar-refractivity contribution in [1.82, 2.24) is 0 Å². The van der Waals surface area contributed by atoms with Gasteiger partial charge in [-0.1, -0.05) is 23.9 Å².